The Bertz CT molecular complexity index is 149. The van der Waals surface area contributed by atoms with Gasteiger partial charge < -0.3 is 0 Å². The highest BCUT2D eigenvalue weighted by molar-refractivity contribution is 4.88. The zero-order valence-electron chi connectivity index (χ0n) is 12.5. The molecule has 0 N–H and O–H groups in total. The molecule has 0 spiro atoms. The number of hydrogen-bond donors (Lipinski definition) is 0. The summed E-state index contributed by atoms with van der Waals surface area (Å²) in [5.74, 6) is 0.862. The van der Waals surface area contributed by atoms with E-state index in [2.05, 4.69) is 32.9 Å². The van der Waals surface area contributed by atoms with E-state index in [4.69, 9.17) is 0 Å². The summed E-state index contributed by atoms with van der Waals surface area (Å²) < 4.78 is 0. The molecule has 0 heterocycles. The molecular formula is C17H34. The van der Waals surface area contributed by atoms with Crippen molar-refractivity contribution < 1.29 is 0 Å². The molecule has 0 aliphatic heterocycles. The van der Waals surface area contributed by atoms with E-state index in [0.717, 1.165) is 5.92 Å². The molecule has 102 valence electrons. The zero-order valence-corrected chi connectivity index (χ0v) is 12.5. The summed E-state index contributed by atoms with van der Waals surface area (Å²) in [5, 5.41) is 0. The van der Waals surface area contributed by atoms with Crippen molar-refractivity contribution in [3.63, 3.8) is 0 Å². The summed E-state index contributed by atoms with van der Waals surface area (Å²) in [6.45, 7) is 6.87. The minimum atomic E-state index is 0.862. The Hall–Kier alpha value is -0.260. The van der Waals surface area contributed by atoms with Gasteiger partial charge in [0.1, 0.15) is 0 Å². The summed E-state index contributed by atoms with van der Waals surface area (Å²) in [5.41, 5.74) is 0. The van der Waals surface area contributed by atoms with Crippen LogP contribution in [-0.2, 0) is 0 Å². The second kappa shape index (κ2) is 13.8. The van der Waals surface area contributed by atoms with Crippen molar-refractivity contribution >= 4 is 0 Å². The summed E-state index contributed by atoms with van der Waals surface area (Å²) in [6.07, 6.45) is 20.1. The first kappa shape index (κ1) is 16.7. The molecule has 0 bridgehead atoms. The van der Waals surface area contributed by atoms with E-state index in [9.17, 15) is 0 Å². The van der Waals surface area contributed by atoms with Gasteiger partial charge in [-0.2, -0.15) is 0 Å². The third-order valence-corrected chi connectivity index (χ3v) is 3.49. The topological polar surface area (TPSA) is 0 Å². The molecule has 0 rings (SSSR count). The second-order valence-electron chi connectivity index (χ2n) is 5.32. The number of rotatable bonds is 12. The normalized spacial score (nSPS) is 11.8. The van der Waals surface area contributed by atoms with Crippen LogP contribution in [0.15, 0.2) is 12.2 Å². The van der Waals surface area contributed by atoms with Crippen LogP contribution in [0.5, 0.6) is 0 Å². The van der Waals surface area contributed by atoms with Gasteiger partial charge in [0, 0.05) is 0 Å². The maximum absolute atomic E-state index is 2.51. The van der Waals surface area contributed by atoms with Crippen LogP contribution in [0, 0.1) is 5.92 Å². The molecule has 0 atom stereocenters. The monoisotopic (exact) mass is 238 g/mol. The van der Waals surface area contributed by atoms with Crippen molar-refractivity contribution in [3.8, 4) is 0 Å². The molecule has 0 radical (unpaired) electrons. The highest BCUT2D eigenvalue weighted by Crippen LogP contribution is 2.18. The lowest BCUT2D eigenvalue weighted by atomic mass is 9.95. The summed E-state index contributed by atoms with van der Waals surface area (Å²) in [7, 11) is 0. The maximum Gasteiger partial charge on any atom is -0.0234 e. The molecule has 17 heavy (non-hydrogen) atoms. The fourth-order valence-electron chi connectivity index (χ4n) is 2.25. The van der Waals surface area contributed by atoms with E-state index in [-0.39, 0.29) is 0 Å². The lowest BCUT2D eigenvalue weighted by Gasteiger charge is -2.11. The smallest absolute Gasteiger partial charge is 0.0234 e. The number of hydrogen-bond acceptors (Lipinski definition) is 0. The molecule has 0 aliphatic carbocycles. The van der Waals surface area contributed by atoms with E-state index >= 15 is 0 Å². The lowest BCUT2D eigenvalue weighted by Crippen LogP contribution is -1.96. The number of allylic oxidation sites excluding steroid dienone is 2. The number of unbranched alkanes of at least 4 members (excludes halogenated alkanes) is 6. The van der Waals surface area contributed by atoms with Crippen LogP contribution in [0.1, 0.15) is 91.4 Å². The van der Waals surface area contributed by atoms with Gasteiger partial charge in [-0.05, 0) is 31.6 Å². The largest absolute Gasteiger partial charge is 0.0883 e. The first-order valence-electron chi connectivity index (χ1n) is 8.01. The van der Waals surface area contributed by atoms with Crippen LogP contribution in [0.2, 0.25) is 0 Å². The molecule has 0 aromatic rings. The molecule has 0 nitrogen and oxygen atoms in total. The van der Waals surface area contributed by atoms with Crippen molar-refractivity contribution in [3.05, 3.63) is 12.2 Å². The van der Waals surface area contributed by atoms with Gasteiger partial charge in [0.05, 0.1) is 0 Å². The molecular weight excluding hydrogens is 204 g/mol. The third kappa shape index (κ3) is 12.0. The molecule has 0 heteroatoms. The van der Waals surface area contributed by atoms with E-state index in [1.54, 1.807) is 0 Å². The summed E-state index contributed by atoms with van der Waals surface area (Å²) in [6, 6.07) is 0. The van der Waals surface area contributed by atoms with Gasteiger partial charge in [-0.3, -0.25) is 0 Å². The molecule has 0 aromatic heterocycles. The fourth-order valence-corrected chi connectivity index (χ4v) is 2.25. The highest BCUT2D eigenvalue weighted by atomic mass is 14.1. The minimum absolute atomic E-state index is 0.862. The van der Waals surface area contributed by atoms with Crippen LogP contribution >= 0.6 is 0 Å². The molecule has 0 saturated carbocycles. The van der Waals surface area contributed by atoms with Crippen LogP contribution in [0.4, 0.5) is 0 Å². The van der Waals surface area contributed by atoms with E-state index in [0.29, 0.717) is 0 Å². The van der Waals surface area contributed by atoms with Gasteiger partial charge in [-0.25, -0.2) is 0 Å². The predicted octanol–water partition coefficient (Wildman–Crippen LogP) is 6.51. The van der Waals surface area contributed by atoms with Gasteiger partial charge in [0.15, 0.2) is 0 Å². The van der Waals surface area contributed by atoms with E-state index in [1.807, 2.05) is 0 Å². The van der Waals surface area contributed by atoms with Crippen LogP contribution in [-0.4, -0.2) is 0 Å². The van der Waals surface area contributed by atoms with Crippen LogP contribution < -0.4 is 0 Å². The second-order valence-corrected chi connectivity index (χ2v) is 5.32. The minimum Gasteiger partial charge on any atom is -0.0883 e. The molecule has 0 amide bonds. The SMILES string of the molecule is CCCCCCC=CC(CCCC)CCCC. The van der Waals surface area contributed by atoms with Gasteiger partial charge in [0.25, 0.3) is 0 Å². The quantitative estimate of drug-likeness (QED) is 0.268. The van der Waals surface area contributed by atoms with Gasteiger partial charge in [-0.15, -0.1) is 0 Å². The van der Waals surface area contributed by atoms with E-state index in [1.165, 1.54) is 70.6 Å². The van der Waals surface area contributed by atoms with Gasteiger partial charge >= 0.3 is 0 Å². The van der Waals surface area contributed by atoms with Crippen molar-refractivity contribution in [2.45, 2.75) is 91.4 Å². The highest BCUT2D eigenvalue weighted by Gasteiger charge is 2.02. The third-order valence-electron chi connectivity index (χ3n) is 3.49. The molecule has 0 unspecified atom stereocenters. The van der Waals surface area contributed by atoms with Crippen molar-refractivity contribution in [1.82, 2.24) is 0 Å². The summed E-state index contributed by atoms with van der Waals surface area (Å²) >= 11 is 0. The average Bonchev–Trinajstić information content (AvgIpc) is 2.35. The molecule has 0 saturated heterocycles. The Labute approximate surface area is 110 Å². The van der Waals surface area contributed by atoms with Gasteiger partial charge in [-0.1, -0.05) is 77.9 Å². The van der Waals surface area contributed by atoms with E-state index < -0.39 is 0 Å². The molecule has 0 aliphatic rings. The van der Waals surface area contributed by atoms with Crippen molar-refractivity contribution in [1.29, 1.82) is 0 Å². The zero-order chi connectivity index (χ0) is 12.8. The Morgan fingerprint density at radius 2 is 1.29 bits per heavy atom. The Morgan fingerprint density at radius 1 is 0.706 bits per heavy atom. The van der Waals surface area contributed by atoms with Crippen LogP contribution in [0.25, 0.3) is 0 Å². The molecule has 0 fully saturated rings. The molecule has 0 aromatic carbocycles. The van der Waals surface area contributed by atoms with Crippen molar-refractivity contribution in [2.75, 3.05) is 0 Å². The van der Waals surface area contributed by atoms with Crippen LogP contribution in [0.3, 0.4) is 0 Å². The maximum atomic E-state index is 2.51. The lowest BCUT2D eigenvalue weighted by molar-refractivity contribution is 0.496. The van der Waals surface area contributed by atoms with Gasteiger partial charge in [0.2, 0.25) is 0 Å². The fraction of sp³-hybridized carbons (Fsp3) is 0.882. The predicted molar refractivity (Wildman–Crippen MR) is 80.4 cm³/mol. The Morgan fingerprint density at radius 3 is 1.82 bits per heavy atom. The first-order chi connectivity index (χ1) is 8.35. The Balaban J connectivity index is 3.66. The standard InChI is InChI=1S/C17H34/c1-4-7-10-11-12-13-16-17(14-8-5-2)15-9-6-3/h13,16-17H,4-12,14-15H2,1-3H3. The average molecular weight is 238 g/mol. The first-order valence-corrected chi connectivity index (χ1v) is 8.01. The van der Waals surface area contributed by atoms with Crippen molar-refractivity contribution in [2.24, 2.45) is 5.92 Å². The summed E-state index contributed by atoms with van der Waals surface area (Å²) in [4.78, 5) is 0. The Kier molecular flexibility index (Phi) is 13.6.